The van der Waals surface area contributed by atoms with E-state index in [1.807, 2.05) is 6.92 Å². The molecule has 0 aromatic carbocycles. The smallest absolute Gasteiger partial charge is 0.313 e. The highest BCUT2D eigenvalue weighted by Crippen LogP contribution is 2.35. The van der Waals surface area contributed by atoms with Gasteiger partial charge in [0.05, 0.1) is 12.0 Å². The van der Waals surface area contributed by atoms with Crippen molar-refractivity contribution in [2.45, 2.75) is 45.4 Å². The third kappa shape index (κ3) is 4.28. The van der Waals surface area contributed by atoms with Crippen LogP contribution in [0, 0.1) is 5.41 Å². The number of hydrogen-bond acceptors (Lipinski definition) is 4. The summed E-state index contributed by atoms with van der Waals surface area (Å²) in [6.07, 6.45) is 6.31. The molecule has 0 aliphatic heterocycles. The predicted octanol–water partition coefficient (Wildman–Crippen LogP) is 1.87. The van der Waals surface area contributed by atoms with Gasteiger partial charge in [0.2, 0.25) is 0 Å². The Morgan fingerprint density at radius 3 is 2.35 bits per heavy atom. The molecule has 0 radical (unpaired) electrons. The Hall–Kier alpha value is -0.610. The SMILES string of the molecule is CCOCCOC(=O)C1(CN)CCCCCC1. The summed E-state index contributed by atoms with van der Waals surface area (Å²) in [4.78, 5) is 12.1. The molecule has 0 bridgehead atoms. The fourth-order valence-electron chi connectivity index (χ4n) is 2.39. The molecule has 0 atom stereocenters. The summed E-state index contributed by atoms with van der Waals surface area (Å²) in [5.41, 5.74) is 5.38. The molecule has 17 heavy (non-hydrogen) atoms. The minimum Gasteiger partial charge on any atom is -0.463 e. The van der Waals surface area contributed by atoms with Crippen LogP contribution in [0.1, 0.15) is 45.4 Å². The Bertz CT molecular complexity index is 223. The predicted molar refractivity (Wildman–Crippen MR) is 66.6 cm³/mol. The van der Waals surface area contributed by atoms with Crippen LogP contribution in [0.25, 0.3) is 0 Å². The lowest BCUT2D eigenvalue weighted by molar-refractivity contribution is -0.157. The monoisotopic (exact) mass is 243 g/mol. The van der Waals surface area contributed by atoms with Crippen LogP contribution in [-0.2, 0) is 14.3 Å². The van der Waals surface area contributed by atoms with Crippen LogP contribution in [0.4, 0.5) is 0 Å². The number of hydrogen-bond donors (Lipinski definition) is 1. The van der Waals surface area contributed by atoms with E-state index in [4.69, 9.17) is 15.2 Å². The van der Waals surface area contributed by atoms with Crippen molar-refractivity contribution in [1.29, 1.82) is 0 Å². The lowest BCUT2D eigenvalue weighted by Crippen LogP contribution is -2.40. The van der Waals surface area contributed by atoms with E-state index in [1.54, 1.807) is 0 Å². The molecule has 1 aliphatic rings. The van der Waals surface area contributed by atoms with Gasteiger partial charge in [-0.1, -0.05) is 25.7 Å². The Labute approximate surface area is 104 Å². The van der Waals surface area contributed by atoms with Crippen LogP contribution in [0.15, 0.2) is 0 Å². The van der Waals surface area contributed by atoms with Gasteiger partial charge in [-0.15, -0.1) is 0 Å². The van der Waals surface area contributed by atoms with E-state index in [0.29, 0.717) is 26.4 Å². The Kier molecular flexibility index (Phi) is 6.52. The topological polar surface area (TPSA) is 61.5 Å². The number of esters is 1. The summed E-state index contributed by atoms with van der Waals surface area (Å²) in [6, 6.07) is 0. The molecule has 4 heteroatoms. The lowest BCUT2D eigenvalue weighted by Gasteiger charge is -2.28. The second-order valence-corrected chi connectivity index (χ2v) is 4.73. The molecular formula is C13H25NO3. The van der Waals surface area contributed by atoms with Crippen molar-refractivity contribution in [3.63, 3.8) is 0 Å². The molecule has 0 amide bonds. The maximum Gasteiger partial charge on any atom is 0.313 e. The molecule has 2 N–H and O–H groups in total. The maximum absolute atomic E-state index is 12.1. The van der Waals surface area contributed by atoms with Crippen molar-refractivity contribution in [3.05, 3.63) is 0 Å². The third-order valence-electron chi connectivity index (χ3n) is 3.55. The number of rotatable bonds is 6. The van der Waals surface area contributed by atoms with Gasteiger partial charge in [-0.3, -0.25) is 4.79 Å². The van der Waals surface area contributed by atoms with Crippen molar-refractivity contribution >= 4 is 5.97 Å². The zero-order chi connectivity index (χ0) is 12.6. The minimum atomic E-state index is -0.428. The molecule has 0 spiro atoms. The fraction of sp³-hybridized carbons (Fsp3) is 0.923. The molecule has 100 valence electrons. The maximum atomic E-state index is 12.1. The summed E-state index contributed by atoms with van der Waals surface area (Å²) in [5.74, 6) is -0.124. The van der Waals surface area contributed by atoms with Crippen molar-refractivity contribution in [3.8, 4) is 0 Å². The summed E-state index contributed by atoms with van der Waals surface area (Å²) in [6.45, 7) is 3.80. The zero-order valence-corrected chi connectivity index (χ0v) is 10.9. The van der Waals surface area contributed by atoms with Gasteiger partial charge < -0.3 is 15.2 Å². The molecule has 1 saturated carbocycles. The fourth-order valence-corrected chi connectivity index (χ4v) is 2.39. The quantitative estimate of drug-likeness (QED) is 0.439. The molecule has 0 heterocycles. The second-order valence-electron chi connectivity index (χ2n) is 4.73. The van der Waals surface area contributed by atoms with Crippen LogP contribution in [0.3, 0.4) is 0 Å². The highest BCUT2D eigenvalue weighted by Gasteiger charge is 2.38. The summed E-state index contributed by atoms with van der Waals surface area (Å²) >= 11 is 0. The van der Waals surface area contributed by atoms with Crippen molar-refractivity contribution in [2.24, 2.45) is 11.1 Å². The van der Waals surface area contributed by atoms with E-state index < -0.39 is 5.41 Å². The highest BCUT2D eigenvalue weighted by molar-refractivity contribution is 5.77. The Morgan fingerprint density at radius 1 is 1.18 bits per heavy atom. The minimum absolute atomic E-state index is 0.124. The third-order valence-corrected chi connectivity index (χ3v) is 3.55. The lowest BCUT2D eigenvalue weighted by atomic mass is 9.80. The van der Waals surface area contributed by atoms with E-state index >= 15 is 0 Å². The number of ether oxygens (including phenoxy) is 2. The van der Waals surface area contributed by atoms with Gasteiger partial charge >= 0.3 is 5.97 Å². The number of carbonyl (C=O) groups excluding carboxylic acids is 1. The summed E-state index contributed by atoms with van der Waals surface area (Å²) in [5, 5.41) is 0. The van der Waals surface area contributed by atoms with E-state index in [0.717, 1.165) is 25.7 Å². The molecule has 1 rings (SSSR count). The summed E-state index contributed by atoms with van der Waals surface area (Å²) in [7, 11) is 0. The van der Waals surface area contributed by atoms with Gasteiger partial charge in [0.25, 0.3) is 0 Å². The molecule has 0 aromatic heterocycles. The Balaban J connectivity index is 2.43. The van der Waals surface area contributed by atoms with E-state index in [-0.39, 0.29) is 5.97 Å². The first-order chi connectivity index (χ1) is 8.25. The van der Waals surface area contributed by atoms with Crippen LogP contribution < -0.4 is 5.73 Å². The standard InChI is InChI=1S/C13H25NO3/c1-2-16-9-10-17-12(15)13(11-14)7-5-3-4-6-8-13/h2-11,14H2,1H3. The Morgan fingerprint density at radius 2 is 1.82 bits per heavy atom. The first kappa shape index (κ1) is 14.5. The van der Waals surface area contributed by atoms with Gasteiger partial charge in [-0.05, 0) is 19.8 Å². The average Bonchev–Trinajstić information content (AvgIpc) is 2.60. The van der Waals surface area contributed by atoms with Gasteiger partial charge in [0.1, 0.15) is 6.61 Å². The van der Waals surface area contributed by atoms with Crippen molar-refractivity contribution < 1.29 is 14.3 Å². The first-order valence-electron chi connectivity index (χ1n) is 6.70. The second kappa shape index (κ2) is 7.67. The van der Waals surface area contributed by atoms with Crippen molar-refractivity contribution in [1.82, 2.24) is 0 Å². The van der Waals surface area contributed by atoms with Gasteiger partial charge in [-0.2, -0.15) is 0 Å². The normalized spacial score (nSPS) is 19.6. The molecular weight excluding hydrogens is 218 g/mol. The van der Waals surface area contributed by atoms with Crippen LogP contribution in [0.5, 0.6) is 0 Å². The van der Waals surface area contributed by atoms with Gasteiger partial charge in [-0.25, -0.2) is 0 Å². The van der Waals surface area contributed by atoms with Gasteiger partial charge in [0.15, 0.2) is 0 Å². The van der Waals surface area contributed by atoms with Crippen molar-refractivity contribution in [2.75, 3.05) is 26.4 Å². The zero-order valence-electron chi connectivity index (χ0n) is 10.9. The van der Waals surface area contributed by atoms with Crippen LogP contribution >= 0.6 is 0 Å². The van der Waals surface area contributed by atoms with E-state index in [2.05, 4.69) is 0 Å². The van der Waals surface area contributed by atoms with E-state index in [1.165, 1.54) is 12.8 Å². The molecule has 0 saturated heterocycles. The molecule has 0 aromatic rings. The number of nitrogens with two attached hydrogens (primary N) is 1. The van der Waals surface area contributed by atoms with Crippen LogP contribution in [-0.4, -0.2) is 32.3 Å². The van der Waals surface area contributed by atoms with E-state index in [9.17, 15) is 4.79 Å². The number of carbonyl (C=O) groups is 1. The molecule has 0 unspecified atom stereocenters. The largest absolute Gasteiger partial charge is 0.463 e. The molecule has 1 fully saturated rings. The molecule has 4 nitrogen and oxygen atoms in total. The highest BCUT2D eigenvalue weighted by atomic mass is 16.6. The first-order valence-corrected chi connectivity index (χ1v) is 6.70. The summed E-state index contributed by atoms with van der Waals surface area (Å²) < 4.78 is 10.4. The van der Waals surface area contributed by atoms with Gasteiger partial charge in [0, 0.05) is 13.2 Å². The molecule has 1 aliphatic carbocycles. The average molecular weight is 243 g/mol. The van der Waals surface area contributed by atoms with Crippen LogP contribution in [0.2, 0.25) is 0 Å².